The van der Waals surface area contributed by atoms with Crippen LogP contribution < -0.4 is 15.6 Å². The molecule has 3 N–H and O–H groups in total. The zero-order chi connectivity index (χ0) is 20.8. The van der Waals surface area contributed by atoms with Crippen molar-refractivity contribution in [2.24, 2.45) is 0 Å². The molecule has 1 saturated heterocycles. The van der Waals surface area contributed by atoms with Crippen molar-refractivity contribution in [3.8, 4) is 23.0 Å². The number of aromatic amines is 1. The number of hydrogen-bond acceptors (Lipinski definition) is 6. The number of piperidine rings is 1. The Morgan fingerprint density at radius 1 is 1.03 bits per heavy atom. The van der Waals surface area contributed by atoms with Crippen LogP contribution >= 0.6 is 0 Å². The van der Waals surface area contributed by atoms with Gasteiger partial charge < -0.3 is 20.1 Å². The first-order valence-corrected chi connectivity index (χ1v) is 9.76. The van der Waals surface area contributed by atoms with E-state index in [2.05, 4.69) is 48.2 Å². The number of phenolic OH excluding ortho intramolecular Hbond substituents is 1. The van der Waals surface area contributed by atoms with Gasteiger partial charge in [-0.15, -0.1) is 10.2 Å². The molecule has 0 unspecified atom stereocenters. The fraction of sp³-hybridized carbons (Fsp3) is 0.409. The Labute approximate surface area is 169 Å². The van der Waals surface area contributed by atoms with Gasteiger partial charge in [0, 0.05) is 35.4 Å². The molecular formula is C22H26N4O3. The number of nitrogens with one attached hydrogen (secondary N) is 2. The van der Waals surface area contributed by atoms with Crippen LogP contribution in [0.25, 0.3) is 22.2 Å². The van der Waals surface area contributed by atoms with Gasteiger partial charge in [-0.2, -0.15) is 0 Å². The first-order chi connectivity index (χ1) is 13.6. The molecule has 0 bridgehead atoms. The predicted molar refractivity (Wildman–Crippen MR) is 112 cm³/mol. The maximum absolute atomic E-state index is 12.3. The van der Waals surface area contributed by atoms with Crippen LogP contribution in [0.1, 0.15) is 40.5 Å². The standard InChI is InChI=1S/C22H26N4O3/c1-21(2)11-15(12-22(3,4)26-21)29-19-8-7-17(24-25-19)18-10-13-9-14(27)5-6-16(13)20(28)23-18/h5-10,15,26-27H,11-12H2,1-4H3,(H,23,28). The average Bonchev–Trinajstić information content (AvgIpc) is 2.59. The van der Waals surface area contributed by atoms with E-state index in [4.69, 9.17) is 4.74 Å². The number of pyridine rings is 1. The van der Waals surface area contributed by atoms with Crippen LogP contribution in [0.15, 0.2) is 41.2 Å². The van der Waals surface area contributed by atoms with E-state index >= 15 is 0 Å². The number of phenols is 1. The van der Waals surface area contributed by atoms with Crippen molar-refractivity contribution in [3.63, 3.8) is 0 Å². The minimum atomic E-state index is -0.237. The van der Waals surface area contributed by atoms with E-state index < -0.39 is 0 Å². The molecular weight excluding hydrogens is 368 g/mol. The SMILES string of the molecule is CC1(C)CC(Oc2ccc(-c3cc4cc(O)ccc4c(=O)[nH]3)nn2)CC(C)(C)N1. The van der Waals surface area contributed by atoms with Crippen molar-refractivity contribution >= 4 is 10.8 Å². The van der Waals surface area contributed by atoms with Crippen molar-refractivity contribution in [2.45, 2.75) is 57.7 Å². The quantitative estimate of drug-likeness (QED) is 0.630. The smallest absolute Gasteiger partial charge is 0.256 e. The van der Waals surface area contributed by atoms with Crippen LogP contribution in [0.3, 0.4) is 0 Å². The summed E-state index contributed by atoms with van der Waals surface area (Å²) in [6.07, 6.45) is 1.80. The lowest BCUT2D eigenvalue weighted by Crippen LogP contribution is -2.60. The molecule has 3 heterocycles. The summed E-state index contributed by atoms with van der Waals surface area (Å²) in [5.41, 5.74) is 0.798. The third-order valence-electron chi connectivity index (χ3n) is 5.18. The molecule has 29 heavy (non-hydrogen) atoms. The largest absolute Gasteiger partial charge is 0.508 e. The van der Waals surface area contributed by atoms with Crippen molar-refractivity contribution in [1.82, 2.24) is 20.5 Å². The van der Waals surface area contributed by atoms with Crippen LogP contribution in [0.4, 0.5) is 0 Å². The van der Waals surface area contributed by atoms with Gasteiger partial charge in [0.25, 0.3) is 5.56 Å². The number of aromatic nitrogens is 3. The zero-order valence-corrected chi connectivity index (χ0v) is 17.1. The lowest BCUT2D eigenvalue weighted by molar-refractivity contribution is 0.0524. The summed E-state index contributed by atoms with van der Waals surface area (Å²) in [7, 11) is 0. The zero-order valence-electron chi connectivity index (χ0n) is 17.1. The number of nitrogens with zero attached hydrogens (tertiary/aromatic N) is 2. The van der Waals surface area contributed by atoms with Gasteiger partial charge in [-0.25, -0.2) is 0 Å². The molecule has 0 spiro atoms. The lowest BCUT2D eigenvalue weighted by atomic mass is 9.81. The Balaban J connectivity index is 1.57. The van der Waals surface area contributed by atoms with E-state index in [1.807, 2.05) is 0 Å². The number of fused-ring (bicyclic) bond motifs is 1. The van der Waals surface area contributed by atoms with Gasteiger partial charge in [-0.1, -0.05) is 0 Å². The second-order valence-corrected chi connectivity index (χ2v) is 9.08. The van der Waals surface area contributed by atoms with E-state index in [0.29, 0.717) is 28.0 Å². The Morgan fingerprint density at radius 3 is 2.41 bits per heavy atom. The maximum Gasteiger partial charge on any atom is 0.256 e. The molecule has 3 aromatic rings. The number of benzene rings is 1. The van der Waals surface area contributed by atoms with Crippen LogP contribution in [0.2, 0.25) is 0 Å². The molecule has 0 aliphatic carbocycles. The topological polar surface area (TPSA) is 100 Å². The Hall–Kier alpha value is -2.93. The molecule has 0 radical (unpaired) electrons. The first-order valence-electron chi connectivity index (χ1n) is 9.76. The number of H-pyrrole nitrogens is 1. The van der Waals surface area contributed by atoms with Crippen molar-refractivity contribution < 1.29 is 9.84 Å². The Bertz CT molecular complexity index is 1090. The van der Waals surface area contributed by atoms with Crippen molar-refractivity contribution in [3.05, 3.63) is 46.8 Å². The van der Waals surface area contributed by atoms with Gasteiger partial charge in [0.05, 0.1) is 5.69 Å². The second kappa shape index (κ2) is 6.84. The second-order valence-electron chi connectivity index (χ2n) is 9.08. The molecule has 7 nitrogen and oxygen atoms in total. The molecule has 1 aromatic carbocycles. The fourth-order valence-electron chi connectivity index (χ4n) is 4.40. The van der Waals surface area contributed by atoms with Crippen molar-refractivity contribution in [1.29, 1.82) is 0 Å². The first kappa shape index (κ1) is 19.4. The number of hydrogen-bond donors (Lipinski definition) is 3. The van der Waals surface area contributed by atoms with Gasteiger partial charge in [-0.05, 0) is 63.4 Å². The maximum atomic E-state index is 12.3. The van der Waals surface area contributed by atoms with E-state index in [-0.39, 0.29) is 28.5 Å². The highest BCUT2D eigenvalue weighted by atomic mass is 16.5. The molecule has 1 fully saturated rings. The molecule has 0 saturated carbocycles. The van der Waals surface area contributed by atoms with Crippen LogP contribution in [0, 0.1) is 0 Å². The van der Waals surface area contributed by atoms with Crippen LogP contribution in [-0.2, 0) is 0 Å². The summed E-state index contributed by atoms with van der Waals surface area (Å²) < 4.78 is 6.11. The van der Waals surface area contributed by atoms with E-state index in [9.17, 15) is 9.90 Å². The van der Waals surface area contributed by atoms with Crippen LogP contribution in [0.5, 0.6) is 11.6 Å². The lowest BCUT2D eigenvalue weighted by Gasteiger charge is -2.46. The highest BCUT2D eigenvalue weighted by molar-refractivity contribution is 5.85. The predicted octanol–water partition coefficient (Wildman–Crippen LogP) is 3.38. The molecule has 0 amide bonds. The van der Waals surface area contributed by atoms with Gasteiger partial charge in [-0.3, -0.25) is 4.79 Å². The molecule has 0 atom stereocenters. The van der Waals surface area contributed by atoms with Gasteiger partial charge in [0.2, 0.25) is 5.88 Å². The van der Waals surface area contributed by atoms with Crippen LogP contribution in [-0.4, -0.2) is 37.5 Å². The van der Waals surface area contributed by atoms with Gasteiger partial charge in [0.1, 0.15) is 17.5 Å². The molecule has 152 valence electrons. The minimum Gasteiger partial charge on any atom is -0.508 e. The normalized spacial score (nSPS) is 18.6. The van der Waals surface area contributed by atoms with Gasteiger partial charge >= 0.3 is 0 Å². The summed E-state index contributed by atoms with van der Waals surface area (Å²) in [5.74, 6) is 0.574. The summed E-state index contributed by atoms with van der Waals surface area (Å²) >= 11 is 0. The highest BCUT2D eigenvalue weighted by Gasteiger charge is 2.38. The van der Waals surface area contributed by atoms with Gasteiger partial charge in [0.15, 0.2) is 0 Å². The van der Waals surface area contributed by atoms with E-state index in [1.54, 1.807) is 30.3 Å². The van der Waals surface area contributed by atoms with E-state index in [1.165, 1.54) is 6.07 Å². The Morgan fingerprint density at radius 2 is 1.76 bits per heavy atom. The summed E-state index contributed by atoms with van der Waals surface area (Å²) in [6, 6.07) is 9.97. The third kappa shape index (κ3) is 4.24. The molecule has 1 aliphatic heterocycles. The third-order valence-corrected chi connectivity index (χ3v) is 5.18. The van der Waals surface area contributed by atoms with Crippen molar-refractivity contribution in [2.75, 3.05) is 0 Å². The fourth-order valence-corrected chi connectivity index (χ4v) is 4.40. The number of ether oxygens (including phenoxy) is 1. The number of aromatic hydroxyl groups is 1. The minimum absolute atomic E-state index is 0.0179. The van der Waals surface area contributed by atoms with E-state index in [0.717, 1.165) is 12.8 Å². The highest BCUT2D eigenvalue weighted by Crippen LogP contribution is 2.31. The molecule has 2 aromatic heterocycles. The number of rotatable bonds is 3. The summed E-state index contributed by atoms with van der Waals surface area (Å²) in [6.45, 7) is 8.69. The monoisotopic (exact) mass is 394 g/mol. The average molecular weight is 394 g/mol. The molecule has 7 heteroatoms. The summed E-state index contributed by atoms with van der Waals surface area (Å²) in [5, 5.41) is 22.9. The molecule has 1 aliphatic rings. The molecule has 4 rings (SSSR count). The summed E-state index contributed by atoms with van der Waals surface area (Å²) in [4.78, 5) is 15.1. The Kier molecular flexibility index (Phi) is 4.58.